The highest BCUT2D eigenvalue weighted by Gasteiger charge is 2.33. The maximum atomic E-state index is 13.2. The molecule has 4 rings (SSSR count). The van der Waals surface area contributed by atoms with Crippen molar-refractivity contribution in [1.82, 2.24) is 4.90 Å². The molecule has 0 saturated carbocycles. The standard InChI is InChI=1S/C28H23F6NO4/c29-27(30,31)22-6-1-17(2-7-22)14-35-15-21-12-24(10-5-19(21)11-20(26(35)38)13-25(36)37)39-16-18-3-8-23(9-4-18)28(32,33)34/h1-10,12,20H,11,13-16H2,(H,36,37)/t20-/m0/s1. The van der Waals surface area contributed by atoms with Crippen LogP contribution in [0.2, 0.25) is 0 Å². The van der Waals surface area contributed by atoms with Crippen LogP contribution in [0, 0.1) is 5.92 Å². The molecule has 11 heteroatoms. The van der Waals surface area contributed by atoms with Crippen LogP contribution in [0.4, 0.5) is 26.3 Å². The summed E-state index contributed by atoms with van der Waals surface area (Å²) in [7, 11) is 0. The molecule has 3 aromatic rings. The van der Waals surface area contributed by atoms with E-state index in [-0.39, 0.29) is 26.1 Å². The predicted octanol–water partition coefficient (Wildman–Crippen LogP) is 6.48. The summed E-state index contributed by atoms with van der Waals surface area (Å²) < 4.78 is 82.9. The molecule has 0 aromatic heterocycles. The van der Waals surface area contributed by atoms with E-state index in [4.69, 9.17) is 4.74 Å². The lowest BCUT2D eigenvalue weighted by Crippen LogP contribution is -2.35. The number of carboxylic acid groups (broad SMARTS) is 1. The Labute approximate surface area is 219 Å². The predicted molar refractivity (Wildman–Crippen MR) is 127 cm³/mol. The van der Waals surface area contributed by atoms with Crippen LogP contribution in [0.1, 0.15) is 39.8 Å². The highest BCUT2D eigenvalue weighted by molar-refractivity contribution is 5.84. The van der Waals surface area contributed by atoms with Crippen molar-refractivity contribution >= 4 is 11.9 Å². The van der Waals surface area contributed by atoms with E-state index >= 15 is 0 Å². The number of benzene rings is 3. The Balaban J connectivity index is 1.54. The number of aliphatic carboxylic acids is 1. The largest absolute Gasteiger partial charge is 0.489 e. The summed E-state index contributed by atoms with van der Waals surface area (Å²) in [6.45, 7) is 0.0404. The van der Waals surface area contributed by atoms with E-state index in [1.165, 1.54) is 29.2 Å². The lowest BCUT2D eigenvalue weighted by atomic mass is 9.94. The summed E-state index contributed by atoms with van der Waals surface area (Å²) >= 11 is 0. The number of nitrogens with zero attached hydrogens (tertiary/aromatic N) is 1. The van der Waals surface area contributed by atoms with Gasteiger partial charge in [0.25, 0.3) is 0 Å². The zero-order valence-corrected chi connectivity index (χ0v) is 20.4. The molecular formula is C28H23F6NO4. The van der Waals surface area contributed by atoms with Crippen molar-refractivity contribution in [1.29, 1.82) is 0 Å². The summed E-state index contributed by atoms with van der Waals surface area (Å²) in [5.74, 6) is -2.05. The molecule has 206 valence electrons. The minimum atomic E-state index is -4.50. The first-order chi connectivity index (χ1) is 18.3. The Hall–Kier alpha value is -4.02. The number of ether oxygens (including phenoxy) is 1. The second-order valence-corrected chi connectivity index (χ2v) is 9.30. The molecule has 1 heterocycles. The van der Waals surface area contributed by atoms with Gasteiger partial charge < -0.3 is 14.7 Å². The molecule has 1 aliphatic heterocycles. The molecule has 0 bridgehead atoms. The molecule has 3 aromatic carbocycles. The van der Waals surface area contributed by atoms with Gasteiger partial charge in [0, 0.05) is 13.1 Å². The maximum absolute atomic E-state index is 13.2. The summed E-state index contributed by atoms with van der Waals surface area (Å²) in [6.07, 6.45) is -9.20. The van der Waals surface area contributed by atoms with Gasteiger partial charge in [0.15, 0.2) is 0 Å². The topological polar surface area (TPSA) is 66.8 Å². The quantitative estimate of drug-likeness (QED) is 0.342. The van der Waals surface area contributed by atoms with Gasteiger partial charge in [-0.2, -0.15) is 26.3 Å². The minimum absolute atomic E-state index is 0.00718. The third-order valence-corrected chi connectivity index (χ3v) is 6.43. The zero-order valence-electron chi connectivity index (χ0n) is 20.4. The first-order valence-electron chi connectivity index (χ1n) is 11.9. The SMILES string of the molecule is O=C(O)C[C@@H]1Cc2ccc(OCc3ccc(C(F)(F)F)cc3)cc2CN(Cc2ccc(C(F)(F)F)cc2)C1=O. The van der Waals surface area contributed by atoms with E-state index in [0.29, 0.717) is 22.4 Å². The Morgan fingerprint density at radius 1 is 0.846 bits per heavy atom. The van der Waals surface area contributed by atoms with E-state index in [1.807, 2.05) is 0 Å². The van der Waals surface area contributed by atoms with Crippen molar-refractivity contribution in [2.45, 2.75) is 44.9 Å². The number of carbonyl (C=O) groups is 2. The molecule has 0 aliphatic carbocycles. The summed E-state index contributed by atoms with van der Waals surface area (Å²) in [5.41, 5.74) is 0.768. The number of hydrogen-bond donors (Lipinski definition) is 1. The van der Waals surface area contributed by atoms with Crippen molar-refractivity contribution in [3.05, 3.63) is 100 Å². The van der Waals surface area contributed by atoms with E-state index < -0.39 is 47.7 Å². The van der Waals surface area contributed by atoms with Gasteiger partial charge in [-0.1, -0.05) is 30.3 Å². The van der Waals surface area contributed by atoms with Gasteiger partial charge in [-0.05, 0) is 65.1 Å². The average Bonchev–Trinajstić information content (AvgIpc) is 2.98. The number of carboxylic acids is 1. The second kappa shape index (κ2) is 11.0. The Morgan fingerprint density at radius 2 is 1.41 bits per heavy atom. The molecule has 1 amide bonds. The summed E-state index contributed by atoms with van der Waals surface area (Å²) in [4.78, 5) is 26.1. The first kappa shape index (κ1) is 28.0. The molecule has 0 radical (unpaired) electrons. The van der Waals surface area contributed by atoms with Crippen molar-refractivity contribution in [3.8, 4) is 5.75 Å². The Kier molecular flexibility index (Phi) is 7.89. The monoisotopic (exact) mass is 551 g/mol. The Morgan fingerprint density at radius 3 is 1.95 bits per heavy atom. The molecular weight excluding hydrogens is 528 g/mol. The van der Waals surface area contributed by atoms with Crippen LogP contribution in [-0.2, 0) is 48.1 Å². The molecule has 0 fully saturated rings. The fraction of sp³-hybridized carbons (Fsp3) is 0.286. The van der Waals surface area contributed by atoms with Gasteiger partial charge in [-0.15, -0.1) is 0 Å². The Bertz CT molecular complexity index is 1330. The van der Waals surface area contributed by atoms with Gasteiger partial charge in [-0.25, -0.2) is 0 Å². The number of amides is 1. The molecule has 1 aliphatic rings. The smallest absolute Gasteiger partial charge is 0.416 e. The summed E-state index contributed by atoms with van der Waals surface area (Å²) in [6, 6.07) is 14.0. The summed E-state index contributed by atoms with van der Waals surface area (Å²) in [5, 5.41) is 9.33. The third kappa shape index (κ3) is 7.10. The van der Waals surface area contributed by atoms with E-state index in [1.54, 1.807) is 18.2 Å². The molecule has 0 spiro atoms. The molecule has 39 heavy (non-hydrogen) atoms. The molecule has 0 saturated heterocycles. The minimum Gasteiger partial charge on any atom is -0.489 e. The van der Waals surface area contributed by atoms with Crippen LogP contribution in [0.15, 0.2) is 66.7 Å². The van der Waals surface area contributed by atoms with Crippen LogP contribution >= 0.6 is 0 Å². The maximum Gasteiger partial charge on any atom is 0.416 e. The fourth-order valence-electron chi connectivity index (χ4n) is 4.41. The van der Waals surface area contributed by atoms with Crippen LogP contribution in [0.3, 0.4) is 0 Å². The van der Waals surface area contributed by atoms with Gasteiger partial charge in [-0.3, -0.25) is 9.59 Å². The van der Waals surface area contributed by atoms with Gasteiger partial charge in [0.1, 0.15) is 12.4 Å². The van der Waals surface area contributed by atoms with Crippen LogP contribution < -0.4 is 4.74 Å². The zero-order chi connectivity index (χ0) is 28.4. The van der Waals surface area contributed by atoms with Gasteiger partial charge in [0.05, 0.1) is 23.5 Å². The van der Waals surface area contributed by atoms with Crippen molar-refractivity contribution in [3.63, 3.8) is 0 Å². The number of halogens is 6. The highest BCUT2D eigenvalue weighted by Crippen LogP contribution is 2.32. The first-order valence-corrected chi connectivity index (χ1v) is 11.9. The van der Waals surface area contributed by atoms with Crippen molar-refractivity contribution in [2.75, 3.05) is 0 Å². The van der Waals surface area contributed by atoms with Crippen molar-refractivity contribution < 1.29 is 45.8 Å². The number of hydrogen-bond acceptors (Lipinski definition) is 3. The van der Waals surface area contributed by atoms with Gasteiger partial charge in [0.2, 0.25) is 5.91 Å². The molecule has 0 unspecified atom stereocenters. The number of carbonyl (C=O) groups excluding carboxylic acids is 1. The third-order valence-electron chi connectivity index (χ3n) is 6.43. The number of fused-ring (bicyclic) bond motifs is 1. The van der Waals surface area contributed by atoms with Crippen LogP contribution in [0.5, 0.6) is 5.75 Å². The van der Waals surface area contributed by atoms with E-state index in [2.05, 4.69) is 0 Å². The number of alkyl halides is 6. The normalized spacial score (nSPS) is 16.0. The van der Waals surface area contributed by atoms with Crippen LogP contribution in [0.25, 0.3) is 0 Å². The second-order valence-electron chi connectivity index (χ2n) is 9.30. The van der Waals surface area contributed by atoms with Gasteiger partial charge >= 0.3 is 18.3 Å². The fourth-order valence-corrected chi connectivity index (χ4v) is 4.41. The molecule has 5 nitrogen and oxygen atoms in total. The van der Waals surface area contributed by atoms with Crippen LogP contribution in [-0.4, -0.2) is 21.9 Å². The average molecular weight is 551 g/mol. The lowest BCUT2D eigenvalue weighted by Gasteiger charge is -2.24. The molecule has 1 atom stereocenters. The molecule has 1 N–H and O–H groups in total. The van der Waals surface area contributed by atoms with E-state index in [0.717, 1.165) is 29.8 Å². The van der Waals surface area contributed by atoms with Crippen molar-refractivity contribution in [2.24, 2.45) is 5.92 Å². The van der Waals surface area contributed by atoms with E-state index in [9.17, 15) is 41.0 Å². The number of rotatable bonds is 7. The highest BCUT2D eigenvalue weighted by atomic mass is 19.4. The lowest BCUT2D eigenvalue weighted by molar-refractivity contribution is -0.144.